The molecule has 0 aliphatic heterocycles. The van der Waals surface area contributed by atoms with Gasteiger partial charge in [0.15, 0.2) is 11.6 Å². The fourth-order valence-electron chi connectivity index (χ4n) is 6.14. The predicted octanol–water partition coefficient (Wildman–Crippen LogP) is 6.08. The molecular weight excluding hydrogens is 866 g/mol. The van der Waals surface area contributed by atoms with Crippen molar-refractivity contribution in [1.82, 2.24) is 16.0 Å². The molecule has 1 aromatic rings. The van der Waals surface area contributed by atoms with Gasteiger partial charge in [-0.25, -0.2) is 18.4 Å². The number of halogens is 4. The molecule has 1 rings (SSSR count). The van der Waals surface area contributed by atoms with Crippen LogP contribution in [0.2, 0.25) is 0 Å². The van der Waals surface area contributed by atoms with Crippen LogP contribution in [-0.2, 0) is 57.2 Å². The fraction of sp³-hybridized carbons (Fsp3) is 0.733. The summed E-state index contributed by atoms with van der Waals surface area (Å²) in [5, 5.41) is 7.92. The van der Waals surface area contributed by atoms with Gasteiger partial charge >= 0.3 is 17.9 Å². The van der Waals surface area contributed by atoms with Crippen molar-refractivity contribution in [3.63, 3.8) is 0 Å². The van der Waals surface area contributed by atoms with Gasteiger partial charge in [0, 0.05) is 38.4 Å². The second kappa shape index (κ2) is 37.8. The molecule has 0 heterocycles. The average molecular weight is 938 g/mol. The lowest BCUT2D eigenvalue weighted by Crippen LogP contribution is -2.42. The fourth-order valence-corrected chi connectivity index (χ4v) is 6.14. The van der Waals surface area contributed by atoms with E-state index >= 15 is 0 Å². The van der Waals surface area contributed by atoms with Crippen molar-refractivity contribution in [2.24, 2.45) is 0 Å². The first-order valence-corrected chi connectivity index (χ1v) is 22.7. The largest absolute Gasteiger partial charge is 0.467 e. The van der Waals surface area contributed by atoms with Crippen molar-refractivity contribution >= 4 is 35.6 Å². The van der Waals surface area contributed by atoms with Gasteiger partial charge in [-0.05, 0) is 33.1 Å². The zero-order chi connectivity index (χ0) is 48.1. The third kappa shape index (κ3) is 31.2. The standard InChI is InChI=1S/C45H71F4N3O13/c1-33(2)64-40(56)19-17-15-13-11-9-7-5-4-6-8-10-12-14-16-18-38(54)52-36(45(58)59-3)20-21-37(53)50-22-24-60-26-28-62-31-39(55)51-23-25-61-27-29-63-32-41(57)65-44-42(48)34(46)30-35(47)43(44)49/h30,33,36H,4-29,31-32H2,1-3H3,(H,50,53)(H,51,55)(H,52,54). The minimum absolute atomic E-state index is 0.0124. The summed E-state index contributed by atoms with van der Waals surface area (Å²) in [7, 11) is 1.22. The number of methoxy groups -OCH3 is 1. The number of rotatable bonds is 40. The normalized spacial score (nSPS) is 11.6. The Morgan fingerprint density at radius 3 is 1.51 bits per heavy atom. The SMILES string of the molecule is COC(=O)C(CCC(=O)NCCOCCOCC(=O)NCCOCCOCC(=O)Oc1c(F)c(F)cc(F)c1F)NC(=O)CCCCCCCCCCCCCCCCC(=O)OC(C)C. The van der Waals surface area contributed by atoms with Crippen molar-refractivity contribution in [2.75, 3.05) is 73.1 Å². The Kier molecular flexibility index (Phi) is 34.1. The van der Waals surface area contributed by atoms with Crippen molar-refractivity contribution < 1.29 is 79.5 Å². The maximum Gasteiger partial charge on any atom is 0.337 e. The topological polar surface area (TPSA) is 203 Å². The maximum atomic E-state index is 13.6. The molecule has 1 aromatic carbocycles. The van der Waals surface area contributed by atoms with Gasteiger partial charge in [0.1, 0.15) is 19.3 Å². The van der Waals surface area contributed by atoms with Gasteiger partial charge in [0.05, 0.1) is 52.9 Å². The highest BCUT2D eigenvalue weighted by molar-refractivity contribution is 5.85. The second-order valence-electron chi connectivity index (χ2n) is 15.5. The Bertz CT molecular complexity index is 1510. The third-order valence-electron chi connectivity index (χ3n) is 9.50. The summed E-state index contributed by atoms with van der Waals surface area (Å²) in [6.07, 6.45) is 16.3. The molecule has 0 aromatic heterocycles. The van der Waals surface area contributed by atoms with Crippen molar-refractivity contribution in [1.29, 1.82) is 0 Å². The summed E-state index contributed by atoms with van der Waals surface area (Å²) in [5.41, 5.74) is 0. The number of benzene rings is 1. The molecular formula is C45H71F4N3O13. The van der Waals surface area contributed by atoms with E-state index in [4.69, 9.17) is 28.4 Å². The van der Waals surface area contributed by atoms with E-state index in [0.29, 0.717) is 12.8 Å². The lowest BCUT2D eigenvalue weighted by atomic mass is 10.0. The van der Waals surface area contributed by atoms with Crippen LogP contribution in [0.15, 0.2) is 6.07 Å². The van der Waals surface area contributed by atoms with E-state index in [1.165, 1.54) is 52.1 Å². The molecule has 65 heavy (non-hydrogen) atoms. The smallest absolute Gasteiger partial charge is 0.337 e. The number of hydrogen-bond acceptors (Lipinski definition) is 13. The first-order chi connectivity index (χ1) is 31.2. The zero-order valence-corrected chi connectivity index (χ0v) is 38.4. The van der Waals surface area contributed by atoms with E-state index < -0.39 is 59.5 Å². The molecule has 0 spiro atoms. The van der Waals surface area contributed by atoms with Gasteiger partial charge in [-0.1, -0.05) is 77.0 Å². The van der Waals surface area contributed by atoms with E-state index in [2.05, 4.69) is 20.7 Å². The van der Waals surface area contributed by atoms with Crippen LogP contribution in [0.5, 0.6) is 5.75 Å². The number of hydrogen-bond donors (Lipinski definition) is 3. The van der Waals surface area contributed by atoms with E-state index in [1.807, 2.05) is 13.8 Å². The first-order valence-electron chi connectivity index (χ1n) is 22.7. The number of unbranched alkanes of at least 4 members (excludes halogenated alkanes) is 13. The van der Waals surface area contributed by atoms with Crippen LogP contribution < -0.4 is 20.7 Å². The number of carbonyl (C=O) groups excluding carboxylic acids is 6. The quantitative estimate of drug-likeness (QED) is 0.0225. The Balaban J connectivity index is 1.98. The van der Waals surface area contributed by atoms with Gasteiger partial charge in [-0.2, -0.15) is 8.78 Å². The molecule has 0 saturated heterocycles. The van der Waals surface area contributed by atoms with Gasteiger partial charge in [0.25, 0.3) is 0 Å². The molecule has 20 heteroatoms. The molecule has 1 atom stereocenters. The predicted molar refractivity (Wildman–Crippen MR) is 229 cm³/mol. The number of esters is 3. The highest BCUT2D eigenvalue weighted by Crippen LogP contribution is 2.26. The molecule has 0 radical (unpaired) electrons. The zero-order valence-electron chi connectivity index (χ0n) is 38.4. The van der Waals surface area contributed by atoms with Crippen LogP contribution >= 0.6 is 0 Å². The van der Waals surface area contributed by atoms with E-state index in [9.17, 15) is 46.3 Å². The van der Waals surface area contributed by atoms with Crippen LogP contribution in [0.25, 0.3) is 0 Å². The van der Waals surface area contributed by atoms with E-state index in [1.54, 1.807) is 0 Å². The monoisotopic (exact) mass is 937 g/mol. The summed E-state index contributed by atoms with van der Waals surface area (Å²) in [6.45, 7) is 3.40. The molecule has 16 nitrogen and oxygen atoms in total. The Labute approximate surface area is 380 Å². The number of amides is 3. The van der Waals surface area contributed by atoms with Gasteiger partial charge < -0.3 is 49.1 Å². The minimum Gasteiger partial charge on any atom is -0.467 e. The van der Waals surface area contributed by atoms with E-state index in [0.717, 1.165) is 38.5 Å². The molecule has 0 bridgehead atoms. The van der Waals surface area contributed by atoms with Crippen LogP contribution in [-0.4, -0.2) is 121 Å². The number of carbonyl (C=O) groups is 6. The lowest BCUT2D eigenvalue weighted by Gasteiger charge is -2.16. The molecule has 3 N–H and O–H groups in total. The Hall–Kier alpha value is -4.40. The summed E-state index contributed by atoms with van der Waals surface area (Å²) in [4.78, 5) is 72.2. The molecule has 0 aliphatic rings. The van der Waals surface area contributed by atoms with Gasteiger partial charge in [-0.15, -0.1) is 0 Å². The minimum atomic E-state index is -1.86. The van der Waals surface area contributed by atoms with Crippen LogP contribution in [0.1, 0.15) is 129 Å². The summed E-state index contributed by atoms with van der Waals surface area (Å²) >= 11 is 0. The lowest BCUT2D eigenvalue weighted by molar-refractivity contribution is -0.147. The molecule has 0 saturated carbocycles. The maximum absolute atomic E-state index is 13.6. The molecule has 372 valence electrons. The Morgan fingerprint density at radius 1 is 0.538 bits per heavy atom. The molecule has 0 fully saturated rings. The highest BCUT2D eigenvalue weighted by Gasteiger charge is 2.24. The molecule has 3 amide bonds. The number of nitrogens with one attached hydrogen (secondary N) is 3. The van der Waals surface area contributed by atoms with Crippen LogP contribution in [0.4, 0.5) is 17.6 Å². The second-order valence-corrected chi connectivity index (χ2v) is 15.5. The molecule has 0 aliphatic carbocycles. The summed E-state index contributed by atoms with van der Waals surface area (Å²) in [5.74, 6) is -11.7. The van der Waals surface area contributed by atoms with Crippen LogP contribution in [0.3, 0.4) is 0 Å². The summed E-state index contributed by atoms with van der Waals surface area (Å²) in [6, 6.07) is -0.954. The van der Waals surface area contributed by atoms with Crippen LogP contribution in [0, 0.1) is 23.3 Å². The van der Waals surface area contributed by atoms with Crippen molar-refractivity contribution in [3.8, 4) is 5.75 Å². The molecule has 1 unspecified atom stereocenters. The van der Waals surface area contributed by atoms with Crippen molar-refractivity contribution in [3.05, 3.63) is 29.3 Å². The van der Waals surface area contributed by atoms with E-state index in [-0.39, 0.29) is 109 Å². The average Bonchev–Trinajstić information content (AvgIpc) is 3.26. The Morgan fingerprint density at radius 2 is 1.00 bits per heavy atom. The third-order valence-corrected chi connectivity index (χ3v) is 9.50. The van der Waals surface area contributed by atoms with Gasteiger partial charge in [-0.3, -0.25) is 19.2 Å². The summed E-state index contributed by atoms with van der Waals surface area (Å²) < 4.78 is 88.6. The highest BCUT2D eigenvalue weighted by atomic mass is 19.2. The van der Waals surface area contributed by atoms with Gasteiger partial charge in [0.2, 0.25) is 35.1 Å². The van der Waals surface area contributed by atoms with Crippen molar-refractivity contribution in [2.45, 2.75) is 142 Å². The number of ether oxygens (including phenoxy) is 7. The first kappa shape index (κ1) is 58.6.